The van der Waals surface area contributed by atoms with E-state index in [2.05, 4.69) is 18.8 Å². The first-order valence-electron chi connectivity index (χ1n) is 5.68. The van der Waals surface area contributed by atoms with Gasteiger partial charge in [0.25, 0.3) is 0 Å². The van der Waals surface area contributed by atoms with Gasteiger partial charge in [0.05, 0.1) is 26.2 Å². The van der Waals surface area contributed by atoms with E-state index in [4.69, 9.17) is 0 Å². The Balaban J connectivity index is 1.94. The molecular formula is C11H22N2+. The maximum absolute atomic E-state index is 3.45. The van der Waals surface area contributed by atoms with Gasteiger partial charge in [0.1, 0.15) is 0 Å². The molecule has 2 rings (SSSR count). The van der Waals surface area contributed by atoms with E-state index in [-0.39, 0.29) is 0 Å². The van der Waals surface area contributed by atoms with Gasteiger partial charge in [-0.1, -0.05) is 0 Å². The molecule has 0 bridgehead atoms. The lowest BCUT2D eigenvalue weighted by atomic mass is 9.98. The summed E-state index contributed by atoms with van der Waals surface area (Å²) in [6.45, 7) is 5.24. The van der Waals surface area contributed by atoms with Crippen LogP contribution in [0.1, 0.15) is 25.7 Å². The fraction of sp³-hybridized carbons (Fsp3) is 0.909. The lowest BCUT2D eigenvalue weighted by Gasteiger charge is -2.45. The maximum atomic E-state index is 3.45. The Bertz CT molecular complexity index is 155. The largest absolute Gasteiger partial charge is 0.324 e. The molecule has 0 aliphatic carbocycles. The Morgan fingerprint density at radius 2 is 1.77 bits per heavy atom. The van der Waals surface area contributed by atoms with Crippen molar-refractivity contribution in [3.05, 3.63) is 6.42 Å². The third-order valence-electron chi connectivity index (χ3n) is 3.88. The molecule has 2 nitrogen and oxygen atoms in total. The fourth-order valence-corrected chi connectivity index (χ4v) is 2.82. The highest BCUT2D eigenvalue weighted by atomic mass is 15.4. The van der Waals surface area contributed by atoms with E-state index in [0.717, 1.165) is 6.04 Å². The average Bonchev–Trinajstić information content (AvgIpc) is 2.20. The summed E-state index contributed by atoms with van der Waals surface area (Å²) in [5.74, 6) is 0. The SMILES string of the molecule is C[N+]1(C2CCNCC2)CC[CH]CC1. The number of likely N-dealkylation sites (tertiary alicyclic amines) is 1. The number of hydrogen-bond donors (Lipinski definition) is 1. The van der Waals surface area contributed by atoms with Crippen LogP contribution >= 0.6 is 0 Å². The second kappa shape index (κ2) is 3.97. The van der Waals surface area contributed by atoms with Gasteiger partial charge in [-0.25, -0.2) is 0 Å². The molecular weight excluding hydrogens is 160 g/mol. The van der Waals surface area contributed by atoms with Crippen LogP contribution in [-0.4, -0.2) is 43.8 Å². The molecule has 0 aromatic heterocycles. The Hall–Kier alpha value is -0.0800. The molecule has 0 aromatic rings. The van der Waals surface area contributed by atoms with Crippen LogP contribution in [0.25, 0.3) is 0 Å². The molecule has 0 unspecified atom stereocenters. The van der Waals surface area contributed by atoms with E-state index >= 15 is 0 Å². The fourth-order valence-electron chi connectivity index (χ4n) is 2.82. The number of hydrogen-bond acceptors (Lipinski definition) is 1. The van der Waals surface area contributed by atoms with Crippen molar-refractivity contribution in [2.24, 2.45) is 0 Å². The highest BCUT2D eigenvalue weighted by Gasteiger charge is 2.34. The molecule has 0 aromatic carbocycles. The zero-order valence-corrected chi connectivity index (χ0v) is 8.76. The number of quaternary nitrogens is 1. The molecule has 2 heterocycles. The quantitative estimate of drug-likeness (QED) is 0.601. The van der Waals surface area contributed by atoms with Crippen molar-refractivity contribution in [1.82, 2.24) is 5.32 Å². The van der Waals surface area contributed by atoms with Crippen LogP contribution in [0.3, 0.4) is 0 Å². The van der Waals surface area contributed by atoms with Crippen molar-refractivity contribution in [1.29, 1.82) is 0 Å². The molecule has 1 N–H and O–H groups in total. The Morgan fingerprint density at radius 3 is 2.38 bits per heavy atom. The molecule has 0 amide bonds. The summed E-state index contributed by atoms with van der Waals surface area (Å²) < 4.78 is 1.35. The van der Waals surface area contributed by atoms with Gasteiger partial charge in [0.15, 0.2) is 0 Å². The van der Waals surface area contributed by atoms with Crippen LogP contribution in [0.2, 0.25) is 0 Å². The van der Waals surface area contributed by atoms with Crippen molar-refractivity contribution >= 4 is 0 Å². The molecule has 75 valence electrons. The highest BCUT2D eigenvalue weighted by molar-refractivity contribution is 4.75. The van der Waals surface area contributed by atoms with Crippen LogP contribution < -0.4 is 5.32 Å². The molecule has 2 fully saturated rings. The molecule has 1 radical (unpaired) electrons. The van der Waals surface area contributed by atoms with E-state index in [1.54, 1.807) is 0 Å². The second-order valence-corrected chi connectivity index (χ2v) is 4.77. The van der Waals surface area contributed by atoms with Crippen LogP contribution in [0, 0.1) is 6.42 Å². The van der Waals surface area contributed by atoms with E-state index in [1.807, 2.05) is 0 Å². The first kappa shape index (κ1) is 9.47. The van der Waals surface area contributed by atoms with Gasteiger partial charge in [-0.15, -0.1) is 0 Å². The highest BCUT2D eigenvalue weighted by Crippen LogP contribution is 2.24. The smallest absolute Gasteiger partial charge is 0.0912 e. The van der Waals surface area contributed by atoms with Gasteiger partial charge >= 0.3 is 0 Å². The van der Waals surface area contributed by atoms with Gasteiger partial charge in [-0.3, -0.25) is 0 Å². The minimum Gasteiger partial charge on any atom is -0.324 e. The lowest BCUT2D eigenvalue weighted by Crippen LogP contribution is -2.57. The van der Waals surface area contributed by atoms with E-state index in [0.29, 0.717) is 0 Å². The van der Waals surface area contributed by atoms with Crippen molar-refractivity contribution in [2.75, 3.05) is 33.2 Å². The number of piperidine rings is 2. The molecule has 0 atom stereocenters. The number of nitrogens with zero attached hydrogens (tertiary/aromatic N) is 1. The molecule has 0 saturated carbocycles. The normalized spacial score (nSPS) is 30.2. The number of nitrogens with one attached hydrogen (secondary N) is 1. The van der Waals surface area contributed by atoms with E-state index < -0.39 is 0 Å². The molecule has 2 aliphatic rings. The van der Waals surface area contributed by atoms with Crippen LogP contribution in [-0.2, 0) is 0 Å². The average molecular weight is 182 g/mol. The van der Waals surface area contributed by atoms with Gasteiger partial charge < -0.3 is 9.80 Å². The summed E-state index contributed by atoms with van der Waals surface area (Å²) in [5, 5.41) is 3.45. The summed E-state index contributed by atoms with van der Waals surface area (Å²) in [6.07, 6.45) is 7.90. The topological polar surface area (TPSA) is 12.0 Å². The van der Waals surface area contributed by atoms with Gasteiger partial charge in [0.2, 0.25) is 0 Å². The van der Waals surface area contributed by atoms with Crippen LogP contribution in [0.5, 0.6) is 0 Å². The summed E-state index contributed by atoms with van der Waals surface area (Å²) in [6, 6.07) is 0.940. The van der Waals surface area contributed by atoms with Crippen molar-refractivity contribution in [3.63, 3.8) is 0 Å². The summed E-state index contributed by atoms with van der Waals surface area (Å²) >= 11 is 0. The van der Waals surface area contributed by atoms with Gasteiger partial charge in [-0.2, -0.15) is 0 Å². The minimum atomic E-state index is 0.940. The number of rotatable bonds is 1. The second-order valence-electron chi connectivity index (χ2n) is 4.77. The zero-order chi connectivity index (χ0) is 9.15. The molecule has 2 heteroatoms. The molecule has 2 saturated heterocycles. The third-order valence-corrected chi connectivity index (χ3v) is 3.88. The Labute approximate surface area is 81.9 Å². The molecule has 0 spiro atoms. The van der Waals surface area contributed by atoms with Crippen molar-refractivity contribution < 1.29 is 4.48 Å². The van der Waals surface area contributed by atoms with E-state index in [9.17, 15) is 0 Å². The summed E-state index contributed by atoms with van der Waals surface area (Å²) in [4.78, 5) is 0. The Kier molecular flexibility index (Phi) is 2.89. The predicted octanol–water partition coefficient (Wildman–Crippen LogP) is 1.18. The van der Waals surface area contributed by atoms with E-state index in [1.165, 1.54) is 56.3 Å². The molecule has 13 heavy (non-hydrogen) atoms. The summed E-state index contributed by atoms with van der Waals surface area (Å²) in [7, 11) is 2.46. The summed E-state index contributed by atoms with van der Waals surface area (Å²) in [5.41, 5.74) is 0. The van der Waals surface area contributed by atoms with Gasteiger partial charge in [-0.05, 0) is 19.3 Å². The Morgan fingerprint density at radius 1 is 1.15 bits per heavy atom. The predicted molar refractivity (Wildman–Crippen MR) is 55.3 cm³/mol. The monoisotopic (exact) mass is 182 g/mol. The van der Waals surface area contributed by atoms with Crippen LogP contribution in [0.15, 0.2) is 0 Å². The van der Waals surface area contributed by atoms with Crippen molar-refractivity contribution in [3.8, 4) is 0 Å². The maximum Gasteiger partial charge on any atom is 0.0912 e. The standard InChI is InChI=1S/C11H22N2/c1-13(9-3-2-4-10-13)11-5-7-12-8-6-11/h2,11-12H,3-10H2,1H3/q+1. The first-order chi connectivity index (χ1) is 6.31. The minimum absolute atomic E-state index is 0.940. The zero-order valence-electron chi connectivity index (χ0n) is 8.76. The molecule has 2 aliphatic heterocycles. The van der Waals surface area contributed by atoms with Crippen LogP contribution in [0.4, 0.5) is 0 Å². The van der Waals surface area contributed by atoms with Crippen molar-refractivity contribution in [2.45, 2.75) is 31.7 Å². The van der Waals surface area contributed by atoms with Gasteiger partial charge in [0, 0.05) is 25.9 Å². The first-order valence-corrected chi connectivity index (χ1v) is 5.68. The third kappa shape index (κ3) is 2.05. The lowest BCUT2D eigenvalue weighted by molar-refractivity contribution is -0.937.